The van der Waals surface area contributed by atoms with Gasteiger partial charge in [-0.15, -0.1) is 12.4 Å². The maximum absolute atomic E-state index is 13.8. The summed E-state index contributed by atoms with van der Waals surface area (Å²) in [6.45, 7) is 10.2. The highest BCUT2D eigenvalue weighted by atomic mass is 35.5. The Balaban J connectivity index is 0.00000256. The van der Waals surface area contributed by atoms with Gasteiger partial charge in [-0.1, -0.05) is 44.5 Å². The summed E-state index contributed by atoms with van der Waals surface area (Å²) in [5.74, 6) is 0. The lowest BCUT2D eigenvalue weighted by Gasteiger charge is -2.19. The van der Waals surface area contributed by atoms with Gasteiger partial charge in [-0.3, -0.25) is 0 Å². The fourth-order valence-corrected chi connectivity index (χ4v) is 5.89. The van der Waals surface area contributed by atoms with Gasteiger partial charge in [0.05, 0.1) is 10.4 Å². The zero-order chi connectivity index (χ0) is 21.0. The molecule has 0 spiro atoms. The number of halogens is 1. The molecule has 6 heteroatoms. The van der Waals surface area contributed by atoms with E-state index in [0.717, 1.165) is 59.2 Å². The highest BCUT2D eigenvalue weighted by molar-refractivity contribution is 7.90. The zero-order valence-corrected chi connectivity index (χ0v) is 20.0. The Hall–Kier alpha value is -1.82. The number of fused-ring (bicyclic) bond motifs is 3. The second-order valence-electron chi connectivity index (χ2n) is 9.33. The number of benzene rings is 2. The minimum Gasteiger partial charge on any atom is -0.302 e. The predicted octanol–water partition coefficient (Wildman–Crippen LogP) is 5.28. The third kappa shape index (κ3) is 3.91. The van der Waals surface area contributed by atoms with E-state index < -0.39 is 10.0 Å². The van der Waals surface area contributed by atoms with Crippen LogP contribution in [0.1, 0.15) is 49.6 Å². The van der Waals surface area contributed by atoms with Crippen molar-refractivity contribution < 1.29 is 8.42 Å². The van der Waals surface area contributed by atoms with Crippen LogP contribution in [0.4, 0.5) is 0 Å². The summed E-state index contributed by atoms with van der Waals surface area (Å²) in [4.78, 5) is 2.63. The highest BCUT2D eigenvalue weighted by Crippen LogP contribution is 2.34. The van der Waals surface area contributed by atoms with Crippen LogP contribution in [0.2, 0.25) is 0 Å². The van der Waals surface area contributed by atoms with Crippen molar-refractivity contribution in [2.24, 2.45) is 0 Å². The van der Waals surface area contributed by atoms with E-state index in [2.05, 4.69) is 45.7 Å². The summed E-state index contributed by atoms with van der Waals surface area (Å²) in [5, 5.41) is 1.06. The number of aryl methyl sites for hydroxylation is 1. The van der Waals surface area contributed by atoms with Gasteiger partial charge in [0.25, 0.3) is 10.0 Å². The van der Waals surface area contributed by atoms with Crippen LogP contribution in [0.5, 0.6) is 0 Å². The summed E-state index contributed by atoms with van der Waals surface area (Å²) in [5.41, 5.74) is 5.15. The van der Waals surface area contributed by atoms with Crippen molar-refractivity contribution in [2.45, 2.75) is 57.4 Å². The first kappa shape index (κ1) is 22.9. The molecule has 0 bridgehead atoms. The quantitative estimate of drug-likeness (QED) is 0.537. The van der Waals surface area contributed by atoms with Gasteiger partial charge in [0, 0.05) is 17.6 Å². The Morgan fingerprint density at radius 1 is 1.00 bits per heavy atom. The van der Waals surface area contributed by atoms with Gasteiger partial charge >= 0.3 is 0 Å². The van der Waals surface area contributed by atoms with Gasteiger partial charge in [0.15, 0.2) is 0 Å². The number of hydrogen-bond donors (Lipinski definition) is 0. The van der Waals surface area contributed by atoms with Gasteiger partial charge in [-0.2, -0.15) is 0 Å². The van der Waals surface area contributed by atoms with E-state index in [1.807, 2.05) is 24.3 Å². The molecule has 0 fully saturated rings. The second kappa shape index (κ2) is 8.03. The predicted molar refractivity (Wildman–Crippen MR) is 126 cm³/mol. The molecule has 1 aliphatic heterocycles. The minimum absolute atomic E-state index is 0. The summed E-state index contributed by atoms with van der Waals surface area (Å²) in [7, 11) is -1.57. The van der Waals surface area contributed by atoms with Crippen molar-refractivity contribution in [2.75, 3.05) is 13.6 Å². The molecular formula is C24H31ClN2O2S. The molecule has 2 heterocycles. The summed E-state index contributed by atoms with van der Waals surface area (Å²) >= 11 is 0. The molecule has 4 rings (SSSR count). The summed E-state index contributed by atoms with van der Waals surface area (Å²) in [6, 6.07) is 13.5. The van der Waals surface area contributed by atoms with Gasteiger partial charge < -0.3 is 4.90 Å². The van der Waals surface area contributed by atoms with Crippen LogP contribution in [0, 0.1) is 6.92 Å². The number of rotatable bonds is 2. The molecule has 0 N–H and O–H groups in total. The smallest absolute Gasteiger partial charge is 0.268 e. The largest absolute Gasteiger partial charge is 0.302 e. The lowest BCUT2D eigenvalue weighted by atomic mass is 9.87. The Bertz CT molecular complexity index is 1170. The molecule has 0 atom stereocenters. The SMILES string of the molecule is Cc1ccc2c(c1)c1c(n2S(=O)(=O)c2ccc(C(C)(C)C)cc2)CCCN(C)C1.Cl. The van der Waals surface area contributed by atoms with Crippen molar-refractivity contribution in [3.8, 4) is 0 Å². The first-order chi connectivity index (χ1) is 13.6. The Kier molecular flexibility index (Phi) is 6.11. The van der Waals surface area contributed by atoms with Crippen LogP contribution in [-0.4, -0.2) is 30.9 Å². The van der Waals surface area contributed by atoms with Crippen LogP contribution in [0.3, 0.4) is 0 Å². The summed E-state index contributed by atoms with van der Waals surface area (Å²) in [6.07, 6.45) is 1.73. The molecule has 2 aromatic carbocycles. The van der Waals surface area contributed by atoms with E-state index in [1.54, 1.807) is 16.1 Å². The Morgan fingerprint density at radius 2 is 1.67 bits per heavy atom. The molecule has 0 radical (unpaired) electrons. The standard InChI is InChI=1S/C24H30N2O2S.ClH/c1-17-8-13-23-20(15-17)21-16-25(5)14-6-7-22(21)26(23)29(27,28)19-11-9-18(10-12-19)24(2,3)4;/h8-13,15H,6-7,14,16H2,1-5H3;1H. The van der Waals surface area contributed by atoms with E-state index in [4.69, 9.17) is 0 Å². The van der Waals surface area contributed by atoms with Crippen molar-refractivity contribution in [3.05, 3.63) is 64.8 Å². The molecule has 0 unspecified atom stereocenters. The monoisotopic (exact) mass is 446 g/mol. The number of aromatic nitrogens is 1. The molecule has 0 saturated heterocycles. The topological polar surface area (TPSA) is 42.3 Å². The van der Waals surface area contributed by atoms with Crippen molar-refractivity contribution in [1.29, 1.82) is 0 Å². The second-order valence-corrected chi connectivity index (χ2v) is 11.1. The van der Waals surface area contributed by atoms with Gasteiger partial charge in [0.1, 0.15) is 0 Å². The molecule has 1 aliphatic rings. The normalized spacial score (nSPS) is 15.5. The molecule has 3 aromatic rings. The molecule has 162 valence electrons. The lowest BCUT2D eigenvalue weighted by Crippen LogP contribution is -2.17. The van der Waals surface area contributed by atoms with E-state index in [9.17, 15) is 8.42 Å². The van der Waals surface area contributed by atoms with Crippen molar-refractivity contribution in [3.63, 3.8) is 0 Å². The number of hydrogen-bond acceptors (Lipinski definition) is 3. The average Bonchev–Trinajstić information content (AvgIpc) is 2.81. The van der Waals surface area contributed by atoms with Gasteiger partial charge in [0.2, 0.25) is 0 Å². The Labute approximate surface area is 186 Å². The highest BCUT2D eigenvalue weighted by Gasteiger charge is 2.28. The van der Waals surface area contributed by atoms with Crippen LogP contribution < -0.4 is 0 Å². The molecule has 1 aromatic heterocycles. The zero-order valence-electron chi connectivity index (χ0n) is 18.4. The molecule has 0 saturated carbocycles. The average molecular weight is 447 g/mol. The van der Waals surface area contributed by atoms with Crippen LogP contribution in [0.25, 0.3) is 10.9 Å². The van der Waals surface area contributed by atoms with E-state index in [-0.39, 0.29) is 17.8 Å². The molecule has 0 aliphatic carbocycles. The fraction of sp³-hybridized carbons (Fsp3) is 0.417. The molecular weight excluding hydrogens is 416 g/mol. The third-order valence-electron chi connectivity index (χ3n) is 5.93. The molecule has 0 amide bonds. The van der Waals surface area contributed by atoms with E-state index in [1.165, 1.54) is 0 Å². The van der Waals surface area contributed by atoms with Crippen molar-refractivity contribution >= 4 is 33.3 Å². The Morgan fingerprint density at radius 3 is 2.30 bits per heavy atom. The number of nitrogens with zero attached hydrogens (tertiary/aromatic N) is 2. The van der Waals surface area contributed by atoms with Gasteiger partial charge in [-0.25, -0.2) is 12.4 Å². The van der Waals surface area contributed by atoms with Crippen LogP contribution in [-0.2, 0) is 28.4 Å². The van der Waals surface area contributed by atoms with Gasteiger partial charge in [-0.05, 0) is 74.2 Å². The maximum Gasteiger partial charge on any atom is 0.268 e. The third-order valence-corrected chi connectivity index (χ3v) is 7.70. The lowest BCUT2D eigenvalue weighted by molar-refractivity contribution is 0.333. The molecule has 4 nitrogen and oxygen atoms in total. The first-order valence-corrected chi connectivity index (χ1v) is 11.7. The minimum atomic E-state index is -3.67. The molecule has 30 heavy (non-hydrogen) atoms. The van der Waals surface area contributed by atoms with Crippen molar-refractivity contribution in [1.82, 2.24) is 8.87 Å². The first-order valence-electron chi connectivity index (χ1n) is 10.3. The maximum atomic E-state index is 13.8. The fourth-order valence-electron chi connectivity index (χ4n) is 4.29. The van der Waals surface area contributed by atoms with Crippen LogP contribution in [0.15, 0.2) is 47.4 Å². The summed E-state index contributed by atoms with van der Waals surface area (Å²) < 4.78 is 29.2. The van der Waals surface area contributed by atoms with E-state index in [0.29, 0.717) is 4.90 Å². The van der Waals surface area contributed by atoms with Crippen LogP contribution >= 0.6 is 12.4 Å². The van der Waals surface area contributed by atoms with E-state index >= 15 is 0 Å².